The Morgan fingerprint density at radius 3 is 2.59 bits per heavy atom. The first kappa shape index (κ1) is 16.3. The Kier molecular flexibility index (Phi) is 5.41. The lowest BCUT2D eigenvalue weighted by Gasteiger charge is -2.43. The molecule has 1 aromatic carbocycles. The number of carbonyl (C=O) groups is 2. The number of hydrogen-bond donors (Lipinski definition) is 2. The van der Waals surface area contributed by atoms with Gasteiger partial charge in [-0.25, -0.2) is 0 Å². The molecule has 5 nitrogen and oxygen atoms in total. The number of methoxy groups -OCH3 is 1. The smallest absolute Gasteiger partial charge is 0.303 e. The molecule has 0 saturated heterocycles. The van der Waals surface area contributed by atoms with Crippen LogP contribution in [0.15, 0.2) is 24.3 Å². The van der Waals surface area contributed by atoms with E-state index in [4.69, 9.17) is 9.84 Å². The normalized spacial score (nSPS) is 15.7. The number of hydrogen-bond acceptors (Lipinski definition) is 3. The van der Waals surface area contributed by atoms with Crippen LogP contribution in [0.2, 0.25) is 0 Å². The van der Waals surface area contributed by atoms with Crippen molar-refractivity contribution in [1.82, 2.24) is 5.32 Å². The zero-order chi connectivity index (χ0) is 16.0. The van der Waals surface area contributed by atoms with Gasteiger partial charge < -0.3 is 15.2 Å². The van der Waals surface area contributed by atoms with Gasteiger partial charge >= 0.3 is 5.97 Å². The summed E-state index contributed by atoms with van der Waals surface area (Å²) in [5, 5.41) is 11.6. The fourth-order valence-corrected chi connectivity index (χ4v) is 2.98. The van der Waals surface area contributed by atoms with Crippen LogP contribution in [0.1, 0.15) is 44.1 Å². The Bertz CT molecular complexity index is 537. The van der Waals surface area contributed by atoms with Crippen LogP contribution >= 0.6 is 0 Å². The van der Waals surface area contributed by atoms with Crippen molar-refractivity contribution in [1.29, 1.82) is 0 Å². The van der Waals surface area contributed by atoms with E-state index in [1.54, 1.807) is 7.11 Å². The van der Waals surface area contributed by atoms with Gasteiger partial charge in [-0.3, -0.25) is 9.59 Å². The second-order valence-electron chi connectivity index (χ2n) is 5.86. The minimum Gasteiger partial charge on any atom is -0.496 e. The van der Waals surface area contributed by atoms with Gasteiger partial charge in [-0.1, -0.05) is 24.6 Å². The summed E-state index contributed by atoms with van der Waals surface area (Å²) in [6.07, 6.45) is 3.88. The van der Waals surface area contributed by atoms with Crippen molar-refractivity contribution >= 4 is 11.9 Å². The fourth-order valence-electron chi connectivity index (χ4n) is 2.98. The highest BCUT2D eigenvalue weighted by Gasteiger charge is 2.40. The van der Waals surface area contributed by atoms with Gasteiger partial charge in [0.2, 0.25) is 5.91 Å². The topological polar surface area (TPSA) is 75.6 Å². The number of para-hydroxylation sites is 1. The molecule has 120 valence electrons. The van der Waals surface area contributed by atoms with Crippen molar-refractivity contribution in [2.45, 2.75) is 43.9 Å². The monoisotopic (exact) mass is 305 g/mol. The summed E-state index contributed by atoms with van der Waals surface area (Å²) in [5.74, 6) is -0.0814. The Morgan fingerprint density at radius 2 is 2.00 bits per heavy atom. The van der Waals surface area contributed by atoms with Crippen LogP contribution in [0.5, 0.6) is 5.75 Å². The van der Waals surface area contributed by atoms with E-state index in [1.807, 2.05) is 18.2 Å². The number of amides is 1. The SMILES string of the molecule is COc1ccccc1C1(CNC(=O)CCCC(=O)O)CCC1. The Balaban J connectivity index is 1.94. The summed E-state index contributed by atoms with van der Waals surface area (Å²) in [6.45, 7) is 0.583. The first-order valence-corrected chi connectivity index (χ1v) is 7.69. The third-order valence-electron chi connectivity index (χ3n) is 4.41. The maximum Gasteiger partial charge on any atom is 0.303 e. The van der Waals surface area contributed by atoms with Gasteiger partial charge in [0.15, 0.2) is 0 Å². The molecule has 1 saturated carbocycles. The number of ether oxygens (including phenoxy) is 1. The van der Waals surface area contributed by atoms with Crippen LogP contribution in [0.4, 0.5) is 0 Å². The highest BCUT2D eigenvalue weighted by atomic mass is 16.5. The second kappa shape index (κ2) is 7.29. The van der Waals surface area contributed by atoms with Gasteiger partial charge in [-0.2, -0.15) is 0 Å². The highest BCUT2D eigenvalue weighted by Crippen LogP contribution is 2.46. The molecule has 0 unspecified atom stereocenters. The summed E-state index contributed by atoms with van der Waals surface area (Å²) in [7, 11) is 1.66. The average Bonchev–Trinajstić information content (AvgIpc) is 2.46. The van der Waals surface area contributed by atoms with E-state index in [0.717, 1.165) is 30.6 Å². The lowest BCUT2D eigenvalue weighted by atomic mass is 9.64. The van der Waals surface area contributed by atoms with Crippen LogP contribution in [0.25, 0.3) is 0 Å². The van der Waals surface area contributed by atoms with Gasteiger partial charge in [0.05, 0.1) is 7.11 Å². The number of carboxylic acid groups (broad SMARTS) is 1. The summed E-state index contributed by atoms with van der Waals surface area (Å²) in [4.78, 5) is 22.3. The molecule has 0 bridgehead atoms. The molecule has 0 aliphatic heterocycles. The van der Waals surface area contributed by atoms with Crippen LogP contribution in [-0.2, 0) is 15.0 Å². The summed E-state index contributed by atoms with van der Waals surface area (Å²) in [5.41, 5.74) is 1.10. The van der Waals surface area contributed by atoms with E-state index in [9.17, 15) is 9.59 Å². The molecule has 1 aliphatic rings. The zero-order valence-corrected chi connectivity index (χ0v) is 12.9. The van der Waals surface area contributed by atoms with Gasteiger partial charge in [-0.05, 0) is 25.3 Å². The Labute approximate surface area is 130 Å². The second-order valence-corrected chi connectivity index (χ2v) is 5.86. The predicted octanol–water partition coefficient (Wildman–Crippen LogP) is 2.49. The Hall–Kier alpha value is -2.04. The van der Waals surface area contributed by atoms with E-state index in [0.29, 0.717) is 13.0 Å². The zero-order valence-electron chi connectivity index (χ0n) is 12.9. The molecular weight excluding hydrogens is 282 g/mol. The van der Waals surface area contributed by atoms with Crippen LogP contribution in [0.3, 0.4) is 0 Å². The molecule has 0 aromatic heterocycles. The van der Waals surface area contributed by atoms with Gasteiger partial charge in [0.25, 0.3) is 0 Å². The molecule has 1 amide bonds. The molecular formula is C17H23NO4. The van der Waals surface area contributed by atoms with Gasteiger partial charge in [0, 0.05) is 30.4 Å². The van der Waals surface area contributed by atoms with Crippen LogP contribution in [0, 0.1) is 0 Å². The van der Waals surface area contributed by atoms with Crippen LogP contribution < -0.4 is 10.1 Å². The van der Waals surface area contributed by atoms with Crippen molar-refractivity contribution in [2.24, 2.45) is 0 Å². The number of carboxylic acids is 1. The molecule has 2 rings (SSSR count). The average molecular weight is 305 g/mol. The molecule has 0 spiro atoms. The Morgan fingerprint density at radius 1 is 1.27 bits per heavy atom. The molecule has 0 heterocycles. The third-order valence-corrected chi connectivity index (χ3v) is 4.41. The maximum absolute atomic E-state index is 11.9. The minimum absolute atomic E-state index is 0.0328. The van der Waals surface area contributed by atoms with E-state index in [1.165, 1.54) is 0 Å². The molecule has 1 aliphatic carbocycles. The number of nitrogens with one attached hydrogen (secondary N) is 1. The predicted molar refractivity (Wildman–Crippen MR) is 83.0 cm³/mol. The maximum atomic E-state index is 11.9. The first-order valence-electron chi connectivity index (χ1n) is 7.69. The number of carbonyl (C=O) groups excluding carboxylic acids is 1. The summed E-state index contributed by atoms with van der Waals surface area (Å²) < 4.78 is 5.45. The molecule has 22 heavy (non-hydrogen) atoms. The van der Waals surface area contributed by atoms with Gasteiger partial charge in [-0.15, -0.1) is 0 Å². The standard InChI is InChI=1S/C17H23NO4/c1-22-14-7-3-2-6-13(14)17(10-5-11-17)12-18-15(19)8-4-9-16(20)21/h2-3,6-7H,4-5,8-12H2,1H3,(H,18,19)(H,20,21). The quantitative estimate of drug-likeness (QED) is 0.773. The molecule has 2 N–H and O–H groups in total. The molecule has 1 fully saturated rings. The van der Waals surface area contributed by atoms with E-state index in [-0.39, 0.29) is 24.2 Å². The fraction of sp³-hybridized carbons (Fsp3) is 0.529. The van der Waals surface area contributed by atoms with Crippen molar-refractivity contribution < 1.29 is 19.4 Å². The lowest BCUT2D eigenvalue weighted by molar-refractivity contribution is -0.137. The number of rotatable bonds is 8. The minimum atomic E-state index is -0.864. The van der Waals surface area contributed by atoms with Crippen LogP contribution in [-0.4, -0.2) is 30.6 Å². The number of aliphatic carboxylic acids is 1. The van der Waals surface area contributed by atoms with E-state index < -0.39 is 5.97 Å². The molecule has 0 atom stereocenters. The molecule has 5 heteroatoms. The lowest BCUT2D eigenvalue weighted by Crippen LogP contribution is -2.45. The van der Waals surface area contributed by atoms with Crippen molar-refractivity contribution in [3.05, 3.63) is 29.8 Å². The molecule has 1 aromatic rings. The third kappa shape index (κ3) is 3.78. The largest absolute Gasteiger partial charge is 0.496 e. The van der Waals surface area contributed by atoms with Crippen molar-refractivity contribution in [3.8, 4) is 5.75 Å². The first-order chi connectivity index (χ1) is 10.6. The summed E-state index contributed by atoms with van der Waals surface area (Å²) in [6, 6.07) is 7.95. The number of benzene rings is 1. The van der Waals surface area contributed by atoms with Crippen molar-refractivity contribution in [3.63, 3.8) is 0 Å². The van der Waals surface area contributed by atoms with E-state index >= 15 is 0 Å². The molecule has 0 radical (unpaired) electrons. The highest BCUT2D eigenvalue weighted by molar-refractivity contribution is 5.77. The van der Waals surface area contributed by atoms with E-state index in [2.05, 4.69) is 11.4 Å². The van der Waals surface area contributed by atoms with Crippen molar-refractivity contribution in [2.75, 3.05) is 13.7 Å². The summed E-state index contributed by atoms with van der Waals surface area (Å²) >= 11 is 0. The van der Waals surface area contributed by atoms with Gasteiger partial charge in [0.1, 0.15) is 5.75 Å².